The number of hydrogen-bond acceptors (Lipinski definition) is 1. The quantitative estimate of drug-likeness (QED) is 0.0759. The number of benzene rings is 10. The summed E-state index contributed by atoms with van der Waals surface area (Å²) in [5, 5.41) is 8.98. The van der Waals surface area contributed by atoms with Gasteiger partial charge >= 0.3 is 0 Å². The number of fused-ring (bicyclic) bond motifs is 2. The van der Waals surface area contributed by atoms with E-state index in [2.05, 4.69) is 265 Å². The molecule has 0 aliphatic rings. The predicted octanol–water partition coefficient (Wildman–Crippen LogP) is 13.5. The van der Waals surface area contributed by atoms with E-state index in [-0.39, 0.29) is 0 Å². The average Bonchev–Trinajstić information content (AvgIpc) is 3.33. The number of rotatable bonds is 10. The lowest BCUT2D eigenvalue weighted by Gasteiger charge is -2.30. The van der Waals surface area contributed by atoms with E-state index in [4.69, 9.17) is 0 Å². The van der Waals surface area contributed by atoms with E-state index in [0.717, 1.165) is 17.1 Å². The van der Waals surface area contributed by atoms with Gasteiger partial charge in [0.25, 0.3) is 0 Å². The zero-order valence-electron chi connectivity index (χ0n) is 33.3. The van der Waals surface area contributed by atoms with Gasteiger partial charge in [-0.25, -0.2) is 0 Å². The maximum atomic E-state index is 2.55. The Morgan fingerprint density at radius 2 is 0.667 bits per heavy atom. The van der Waals surface area contributed by atoms with Crippen LogP contribution in [-0.2, 0) is 0 Å². The zero-order valence-corrected chi connectivity index (χ0v) is 34.3. The van der Waals surface area contributed by atoms with Crippen LogP contribution in [-0.4, -0.2) is 8.07 Å². The highest BCUT2D eigenvalue weighted by atomic mass is 28.3. The van der Waals surface area contributed by atoms with Crippen LogP contribution in [0.3, 0.4) is 0 Å². The van der Waals surface area contributed by atoms with Gasteiger partial charge in [0.05, 0.1) is 0 Å². The van der Waals surface area contributed by atoms with Crippen LogP contribution in [0.4, 0.5) is 17.1 Å². The summed E-state index contributed by atoms with van der Waals surface area (Å²) in [5.74, 6) is 0. The Morgan fingerprint density at radius 1 is 0.300 bits per heavy atom. The van der Waals surface area contributed by atoms with Crippen molar-refractivity contribution in [2.75, 3.05) is 4.90 Å². The second kappa shape index (κ2) is 16.4. The third-order valence-electron chi connectivity index (χ3n) is 11.7. The van der Waals surface area contributed by atoms with Crippen LogP contribution in [0, 0.1) is 0 Å². The SMILES string of the molecule is C(=C[Si](c1ccccc1)(c1ccccc1)c1ccccc1)c1ccc2c(-c3ccccc3)c3cc(N(c4ccccc4)c4ccccc4)ccc3c(-c3ccccc3)c2c1. The van der Waals surface area contributed by atoms with Crippen molar-refractivity contribution in [1.82, 2.24) is 0 Å². The first-order chi connectivity index (χ1) is 29.8. The van der Waals surface area contributed by atoms with E-state index in [0.29, 0.717) is 0 Å². The lowest BCUT2D eigenvalue weighted by Crippen LogP contribution is -2.66. The van der Waals surface area contributed by atoms with Gasteiger partial charge in [0.15, 0.2) is 8.07 Å². The molecule has 0 fully saturated rings. The van der Waals surface area contributed by atoms with Crippen LogP contribution in [0.5, 0.6) is 0 Å². The van der Waals surface area contributed by atoms with Gasteiger partial charge in [-0.05, 0) is 107 Å². The first-order valence-electron chi connectivity index (χ1n) is 20.7. The number of nitrogens with zero attached hydrogens (tertiary/aromatic N) is 1. The fraction of sp³-hybridized carbons (Fsp3) is 0. The highest BCUT2D eigenvalue weighted by Crippen LogP contribution is 2.46. The van der Waals surface area contributed by atoms with Crippen molar-refractivity contribution in [3.05, 3.63) is 260 Å². The molecule has 0 radical (unpaired) electrons. The van der Waals surface area contributed by atoms with Gasteiger partial charge in [-0.2, -0.15) is 0 Å². The molecule has 0 bridgehead atoms. The molecule has 2 heteroatoms. The molecule has 0 amide bonds. The van der Waals surface area contributed by atoms with Gasteiger partial charge in [-0.15, -0.1) is 0 Å². The third-order valence-corrected chi connectivity index (χ3v) is 16.1. The maximum absolute atomic E-state index is 2.62. The molecule has 10 aromatic carbocycles. The van der Waals surface area contributed by atoms with Gasteiger partial charge < -0.3 is 4.90 Å². The standard InChI is InChI=1S/C58H43NSi/c1-8-22-45(23-9-1)57-54-39-37-49(59(47-26-12-3-13-27-47)48-28-14-4-15-29-48)43-56(54)58(46-24-10-2-11-25-46)53-38-36-44(42-55(53)57)40-41-60(50-30-16-5-17-31-50,51-32-18-6-19-33-51)52-34-20-7-21-35-52/h1-43H. The molecule has 284 valence electrons. The van der Waals surface area contributed by atoms with Crippen molar-refractivity contribution in [3.8, 4) is 22.3 Å². The van der Waals surface area contributed by atoms with E-state index >= 15 is 0 Å². The first-order valence-corrected chi connectivity index (χ1v) is 22.8. The molecule has 0 atom stereocenters. The second-order valence-corrected chi connectivity index (χ2v) is 18.9. The summed E-state index contributed by atoms with van der Waals surface area (Å²) in [4.78, 5) is 2.36. The maximum Gasteiger partial charge on any atom is 0.172 e. The van der Waals surface area contributed by atoms with E-state index in [1.54, 1.807) is 0 Å². The minimum atomic E-state index is -2.62. The van der Waals surface area contributed by atoms with Crippen LogP contribution in [0.25, 0.3) is 49.9 Å². The van der Waals surface area contributed by atoms with Crippen molar-refractivity contribution in [2.24, 2.45) is 0 Å². The van der Waals surface area contributed by atoms with Crippen LogP contribution in [0.2, 0.25) is 0 Å². The van der Waals surface area contributed by atoms with E-state index in [1.165, 1.54) is 64.9 Å². The average molecular weight is 782 g/mol. The molecule has 0 aliphatic carbocycles. The van der Waals surface area contributed by atoms with Crippen LogP contribution < -0.4 is 20.5 Å². The number of para-hydroxylation sites is 2. The van der Waals surface area contributed by atoms with E-state index in [1.807, 2.05) is 0 Å². The van der Waals surface area contributed by atoms with Gasteiger partial charge in [0.1, 0.15) is 0 Å². The van der Waals surface area contributed by atoms with Gasteiger partial charge in [-0.1, -0.05) is 218 Å². The van der Waals surface area contributed by atoms with E-state index < -0.39 is 8.07 Å². The number of hydrogen-bond donors (Lipinski definition) is 0. The smallest absolute Gasteiger partial charge is 0.172 e. The highest BCUT2D eigenvalue weighted by molar-refractivity contribution is 7.15. The Morgan fingerprint density at radius 3 is 1.10 bits per heavy atom. The summed E-state index contributed by atoms with van der Waals surface area (Å²) in [6, 6.07) is 90.7. The Hall–Kier alpha value is -7.52. The molecule has 0 aromatic heterocycles. The largest absolute Gasteiger partial charge is 0.310 e. The van der Waals surface area contributed by atoms with Crippen molar-refractivity contribution in [1.29, 1.82) is 0 Å². The summed E-state index contributed by atoms with van der Waals surface area (Å²) >= 11 is 0. The van der Waals surface area contributed by atoms with E-state index in [9.17, 15) is 0 Å². The lowest BCUT2D eigenvalue weighted by atomic mass is 9.85. The third kappa shape index (κ3) is 6.83. The Labute approximate surface area is 353 Å². The fourth-order valence-corrected chi connectivity index (χ4v) is 13.2. The summed E-state index contributed by atoms with van der Waals surface area (Å²) < 4.78 is 0. The minimum absolute atomic E-state index is 1.11. The molecule has 0 N–H and O–H groups in total. The predicted molar refractivity (Wildman–Crippen MR) is 260 cm³/mol. The van der Waals surface area contributed by atoms with Crippen molar-refractivity contribution in [2.45, 2.75) is 0 Å². The second-order valence-electron chi connectivity index (χ2n) is 15.3. The zero-order chi connectivity index (χ0) is 40.1. The first kappa shape index (κ1) is 36.8. The Bertz CT molecular complexity index is 2910. The topological polar surface area (TPSA) is 3.24 Å². The molecule has 0 unspecified atom stereocenters. The van der Waals surface area contributed by atoms with Gasteiger partial charge in [0.2, 0.25) is 0 Å². The van der Waals surface area contributed by atoms with Crippen molar-refractivity contribution >= 4 is 68.3 Å². The fourth-order valence-electron chi connectivity index (χ4n) is 9.02. The molecular weight excluding hydrogens is 739 g/mol. The number of anilines is 3. The van der Waals surface area contributed by atoms with Crippen LogP contribution >= 0.6 is 0 Å². The summed E-state index contributed by atoms with van der Waals surface area (Å²) in [5.41, 5.74) is 11.9. The molecule has 60 heavy (non-hydrogen) atoms. The lowest BCUT2D eigenvalue weighted by molar-refractivity contribution is 1.29. The van der Waals surface area contributed by atoms with Crippen molar-refractivity contribution in [3.63, 3.8) is 0 Å². The van der Waals surface area contributed by atoms with Gasteiger partial charge in [-0.3, -0.25) is 0 Å². The summed E-state index contributed by atoms with van der Waals surface area (Å²) in [6.07, 6.45) is 2.39. The van der Waals surface area contributed by atoms with Gasteiger partial charge in [0, 0.05) is 17.1 Å². The molecular formula is C58H43NSi. The van der Waals surface area contributed by atoms with Crippen LogP contribution in [0.1, 0.15) is 5.56 Å². The van der Waals surface area contributed by atoms with Crippen LogP contribution in [0.15, 0.2) is 254 Å². The van der Waals surface area contributed by atoms with Crippen molar-refractivity contribution < 1.29 is 0 Å². The molecule has 1 nitrogen and oxygen atoms in total. The summed E-state index contributed by atoms with van der Waals surface area (Å²) in [6.45, 7) is 0. The molecule has 0 aliphatic heterocycles. The normalized spacial score (nSPS) is 11.6. The highest BCUT2D eigenvalue weighted by Gasteiger charge is 2.36. The minimum Gasteiger partial charge on any atom is -0.310 e. The molecule has 0 saturated carbocycles. The molecule has 10 rings (SSSR count). The molecule has 0 heterocycles. The Kier molecular flexibility index (Phi) is 10.0. The molecule has 10 aromatic rings. The monoisotopic (exact) mass is 781 g/mol. The Balaban J connectivity index is 1.24. The molecule has 0 saturated heterocycles. The molecule has 0 spiro atoms. The summed E-state index contributed by atoms with van der Waals surface area (Å²) in [7, 11) is -2.62.